The van der Waals surface area contributed by atoms with Gasteiger partial charge in [0.05, 0.1) is 19.3 Å². The monoisotopic (exact) mass is 353 g/mol. The first-order valence-electron chi connectivity index (χ1n) is 8.68. The number of aliphatic hydroxyl groups is 1. The van der Waals surface area contributed by atoms with Crippen molar-refractivity contribution in [1.82, 2.24) is 10.2 Å². The summed E-state index contributed by atoms with van der Waals surface area (Å²) in [6.07, 6.45) is 0.488. The van der Waals surface area contributed by atoms with E-state index in [-0.39, 0.29) is 0 Å². The number of aliphatic hydroxyl groups excluding tert-OH is 1. The summed E-state index contributed by atoms with van der Waals surface area (Å²) in [6.45, 7) is 8.70. The van der Waals surface area contributed by atoms with Gasteiger partial charge in [-0.25, -0.2) is 0 Å². The SMILES string of the molecule is CCNC(=NCC(O)c1ccc(Cl)cc1)N1CCC(COCC)C1. The van der Waals surface area contributed by atoms with Crippen LogP contribution in [0.1, 0.15) is 31.9 Å². The topological polar surface area (TPSA) is 57.1 Å². The molecule has 2 rings (SSSR count). The fraction of sp³-hybridized carbons (Fsp3) is 0.611. The second-order valence-electron chi connectivity index (χ2n) is 6.02. The van der Waals surface area contributed by atoms with Crippen LogP contribution in [-0.2, 0) is 4.74 Å². The highest BCUT2D eigenvalue weighted by atomic mass is 35.5. The molecule has 6 heteroatoms. The van der Waals surface area contributed by atoms with Crippen molar-refractivity contribution in [2.45, 2.75) is 26.4 Å². The summed E-state index contributed by atoms with van der Waals surface area (Å²) in [5.74, 6) is 1.42. The fourth-order valence-electron chi connectivity index (χ4n) is 2.83. The van der Waals surface area contributed by atoms with Crippen LogP contribution >= 0.6 is 11.6 Å². The van der Waals surface area contributed by atoms with Crippen LogP contribution in [0.15, 0.2) is 29.3 Å². The van der Waals surface area contributed by atoms with E-state index in [1.165, 1.54) is 0 Å². The number of likely N-dealkylation sites (tertiary alicyclic amines) is 1. The number of aliphatic imine (C=N–C) groups is 1. The lowest BCUT2D eigenvalue weighted by molar-refractivity contribution is 0.114. The zero-order valence-electron chi connectivity index (χ0n) is 14.5. The average Bonchev–Trinajstić information content (AvgIpc) is 3.06. The molecule has 0 aliphatic carbocycles. The molecule has 1 aromatic carbocycles. The molecule has 134 valence electrons. The van der Waals surface area contributed by atoms with E-state index < -0.39 is 6.10 Å². The van der Waals surface area contributed by atoms with Gasteiger partial charge in [-0.3, -0.25) is 4.99 Å². The van der Waals surface area contributed by atoms with Crippen LogP contribution in [0.5, 0.6) is 0 Å². The van der Waals surface area contributed by atoms with E-state index in [1.54, 1.807) is 12.1 Å². The molecule has 0 amide bonds. The Labute approximate surface area is 149 Å². The van der Waals surface area contributed by atoms with E-state index in [4.69, 9.17) is 16.3 Å². The molecule has 2 atom stereocenters. The van der Waals surface area contributed by atoms with Crippen molar-refractivity contribution in [2.24, 2.45) is 10.9 Å². The first-order chi connectivity index (χ1) is 11.6. The summed E-state index contributed by atoms with van der Waals surface area (Å²) in [7, 11) is 0. The normalized spacial score (nSPS) is 19.6. The van der Waals surface area contributed by atoms with Gasteiger partial charge in [0.1, 0.15) is 0 Å². The predicted molar refractivity (Wildman–Crippen MR) is 98.6 cm³/mol. The quantitative estimate of drug-likeness (QED) is 0.584. The molecule has 0 aromatic heterocycles. The van der Waals surface area contributed by atoms with E-state index in [0.717, 1.165) is 50.8 Å². The Bertz CT molecular complexity index is 522. The Morgan fingerprint density at radius 3 is 2.83 bits per heavy atom. The van der Waals surface area contributed by atoms with Gasteiger partial charge in [-0.1, -0.05) is 23.7 Å². The van der Waals surface area contributed by atoms with Gasteiger partial charge in [0, 0.05) is 37.2 Å². The van der Waals surface area contributed by atoms with E-state index in [2.05, 4.69) is 22.1 Å². The Kier molecular flexibility index (Phi) is 7.82. The first-order valence-corrected chi connectivity index (χ1v) is 9.06. The van der Waals surface area contributed by atoms with Gasteiger partial charge in [0.25, 0.3) is 0 Å². The van der Waals surface area contributed by atoms with Crippen molar-refractivity contribution < 1.29 is 9.84 Å². The molecular formula is C18H28ClN3O2. The molecule has 1 saturated heterocycles. The Hall–Kier alpha value is -1.30. The second-order valence-corrected chi connectivity index (χ2v) is 6.46. The molecular weight excluding hydrogens is 326 g/mol. The van der Waals surface area contributed by atoms with Crippen LogP contribution in [0, 0.1) is 5.92 Å². The maximum atomic E-state index is 10.3. The smallest absolute Gasteiger partial charge is 0.194 e. The molecule has 5 nitrogen and oxygen atoms in total. The molecule has 1 aromatic rings. The number of hydrogen-bond acceptors (Lipinski definition) is 3. The zero-order valence-corrected chi connectivity index (χ0v) is 15.3. The summed E-state index contributed by atoms with van der Waals surface area (Å²) >= 11 is 5.88. The number of ether oxygens (including phenoxy) is 1. The van der Waals surface area contributed by atoms with Gasteiger partial charge >= 0.3 is 0 Å². The van der Waals surface area contributed by atoms with Crippen molar-refractivity contribution >= 4 is 17.6 Å². The number of hydrogen-bond donors (Lipinski definition) is 2. The molecule has 24 heavy (non-hydrogen) atoms. The minimum Gasteiger partial charge on any atom is -0.386 e. The van der Waals surface area contributed by atoms with Gasteiger partial charge < -0.3 is 20.1 Å². The largest absolute Gasteiger partial charge is 0.386 e. The van der Waals surface area contributed by atoms with Gasteiger partial charge in [-0.15, -0.1) is 0 Å². The first kappa shape index (κ1) is 19.0. The maximum absolute atomic E-state index is 10.3. The lowest BCUT2D eigenvalue weighted by Crippen LogP contribution is -2.40. The lowest BCUT2D eigenvalue weighted by atomic mass is 10.1. The minimum atomic E-state index is -0.627. The highest BCUT2D eigenvalue weighted by Crippen LogP contribution is 2.19. The summed E-state index contributed by atoms with van der Waals surface area (Å²) in [5, 5.41) is 14.3. The lowest BCUT2D eigenvalue weighted by Gasteiger charge is -2.22. The third kappa shape index (κ3) is 5.65. The van der Waals surface area contributed by atoms with Crippen LogP contribution < -0.4 is 5.32 Å². The molecule has 1 heterocycles. The standard InChI is InChI=1S/C18H28ClN3O2/c1-3-20-18(22-10-9-14(12-22)13-24-4-2)21-11-17(23)15-5-7-16(19)8-6-15/h5-8,14,17,23H,3-4,9-13H2,1-2H3,(H,20,21). The van der Waals surface area contributed by atoms with E-state index >= 15 is 0 Å². The predicted octanol–water partition coefficient (Wildman–Crippen LogP) is 2.70. The molecule has 1 aliphatic rings. The molecule has 1 aliphatic heterocycles. The van der Waals surface area contributed by atoms with E-state index in [9.17, 15) is 5.11 Å². The van der Waals surface area contributed by atoms with Crippen molar-refractivity contribution in [3.05, 3.63) is 34.9 Å². The molecule has 0 bridgehead atoms. The van der Waals surface area contributed by atoms with Crippen LogP contribution in [0.25, 0.3) is 0 Å². The van der Waals surface area contributed by atoms with Gasteiger partial charge in [0.15, 0.2) is 5.96 Å². The number of halogens is 1. The Morgan fingerprint density at radius 1 is 1.42 bits per heavy atom. The van der Waals surface area contributed by atoms with E-state index in [0.29, 0.717) is 17.5 Å². The third-order valence-electron chi connectivity index (χ3n) is 4.15. The van der Waals surface area contributed by atoms with Crippen molar-refractivity contribution in [1.29, 1.82) is 0 Å². The number of guanidine groups is 1. The highest BCUT2D eigenvalue weighted by Gasteiger charge is 2.25. The molecule has 0 spiro atoms. The number of benzene rings is 1. The summed E-state index contributed by atoms with van der Waals surface area (Å²) in [4.78, 5) is 6.87. The fourth-order valence-corrected chi connectivity index (χ4v) is 2.96. The van der Waals surface area contributed by atoms with Crippen molar-refractivity contribution in [3.8, 4) is 0 Å². The average molecular weight is 354 g/mol. The summed E-state index contributed by atoms with van der Waals surface area (Å²) in [6, 6.07) is 7.24. The highest BCUT2D eigenvalue weighted by molar-refractivity contribution is 6.30. The minimum absolute atomic E-state index is 0.330. The van der Waals surface area contributed by atoms with Crippen LogP contribution in [0.3, 0.4) is 0 Å². The second kappa shape index (κ2) is 9.87. The number of nitrogens with zero attached hydrogens (tertiary/aromatic N) is 2. The Morgan fingerprint density at radius 2 is 2.17 bits per heavy atom. The third-order valence-corrected chi connectivity index (χ3v) is 4.40. The van der Waals surface area contributed by atoms with Crippen molar-refractivity contribution in [2.75, 3.05) is 39.4 Å². The molecule has 2 N–H and O–H groups in total. The maximum Gasteiger partial charge on any atom is 0.194 e. The molecule has 2 unspecified atom stereocenters. The van der Waals surface area contributed by atoms with Crippen LogP contribution in [0.4, 0.5) is 0 Å². The van der Waals surface area contributed by atoms with E-state index in [1.807, 2.05) is 19.1 Å². The van der Waals surface area contributed by atoms with Crippen LogP contribution in [0.2, 0.25) is 5.02 Å². The Balaban J connectivity index is 1.94. The summed E-state index contributed by atoms with van der Waals surface area (Å²) < 4.78 is 5.53. The molecule has 1 fully saturated rings. The van der Waals surface area contributed by atoms with Crippen molar-refractivity contribution in [3.63, 3.8) is 0 Å². The van der Waals surface area contributed by atoms with Crippen LogP contribution in [-0.4, -0.2) is 55.4 Å². The number of rotatable bonds is 7. The number of nitrogens with one attached hydrogen (secondary N) is 1. The van der Waals surface area contributed by atoms with Gasteiger partial charge in [-0.2, -0.15) is 0 Å². The molecule has 0 saturated carbocycles. The van der Waals surface area contributed by atoms with Gasteiger partial charge in [0.2, 0.25) is 0 Å². The molecule has 0 radical (unpaired) electrons. The van der Waals surface area contributed by atoms with Gasteiger partial charge in [-0.05, 0) is 38.0 Å². The zero-order chi connectivity index (χ0) is 17.4. The summed E-state index contributed by atoms with van der Waals surface area (Å²) in [5.41, 5.74) is 0.828.